The zero-order chi connectivity index (χ0) is 14.8. The number of benzene rings is 2. The van der Waals surface area contributed by atoms with Gasteiger partial charge in [0.1, 0.15) is 11.0 Å². The second kappa shape index (κ2) is 5.61. The maximum atomic E-state index is 12.3. The normalized spacial score (nSPS) is 17.7. The number of Topliss-reactive ketones (excluding diaryl/α,β-unsaturated/α-hetero) is 1. The van der Waals surface area contributed by atoms with Gasteiger partial charge in [0.2, 0.25) is 5.78 Å². The topological polar surface area (TPSA) is 55.4 Å². The first-order valence-electron chi connectivity index (χ1n) is 6.44. The maximum absolute atomic E-state index is 12.3. The number of thioether (sulfide) groups is 1. The molecule has 0 fully saturated rings. The van der Waals surface area contributed by atoms with Crippen molar-refractivity contribution in [3.05, 3.63) is 54.1 Å². The van der Waals surface area contributed by atoms with Crippen LogP contribution in [-0.4, -0.2) is 18.8 Å². The van der Waals surface area contributed by atoms with E-state index in [4.69, 9.17) is 4.74 Å². The molecule has 0 radical (unpaired) electrons. The predicted octanol–water partition coefficient (Wildman–Crippen LogP) is 3.05. The van der Waals surface area contributed by atoms with Gasteiger partial charge in [0, 0.05) is 4.90 Å². The Morgan fingerprint density at radius 3 is 2.48 bits per heavy atom. The number of hydrogen-bond donors (Lipinski definition) is 1. The molecule has 4 nitrogen and oxygen atoms in total. The van der Waals surface area contributed by atoms with E-state index in [9.17, 15) is 9.59 Å². The number of carbonyl (C=O) groups is 2. The van der Waals surface area contributed by atoms with E-state index >= 15 is 0 Å². The van der Waals surface area contributed by atoms with E-state index in [1.54, 1.807) is 25.3 Å². The van der Waals surface area contributed by atoms with Gasteiger partial charge in [0.15, 0.2) is 0 Å². The highest BCUT2D eigenvalue weighted by molar-refractivity contribution is 8.00. The van der Waals surface area contributed by atoms with Gasteiger partial charge in [-0.15, -0.1) is 11.8 Å². The molecule has 1 aliphatic rings. The zero-order valence-corrected chi connectivity index (χ0v) is 12.1. The summed E-state index contributed by atoms with van der Waals surface area (Å²) in [5.74, 6) is -0.302. The Balaban J connectivity index is 2.00. The van der Waals surface area contributed by atoms with Crippen LogP contribution >= 0.6 is 11.8 Å². The number of rotatable bonds is 2. The van der Waals surface area contributed by atoms with Crippen LogP contribution in [0.15, 0.2) is 53.4 Å². The van der Waals surface area contributed by atoms with Gasteiger partial charge in [-0.2, -0.15) is 0 Å². The summed E-state index contributed by atoms with van der Waals surface area (Å²) in [6.07, 6.45) is 0. The minimum Gasteiger partial charge on any atom is -0.497 e. The number of ketones is 1. The Hall–Kier alpha value is -2.27. The van der Waals surface area contributed by atoms with E-state index in [2.05, 4.69) is 5.32 Å². The molecule has 2 aromatic carbocycles. The van der Waals surface area contributed by atoms with E-state index in [1.807, 2.05) is 30.3 Å². The highest BCUT2D eigenvalue weighted by Gasteiger charge is 2.32. The lowest BCUT2D eigenvalue weighted by Gasteiger charge is -2.12. The molecule has 1 aliphatic heterocycles. The summed E-state index contributed by atoms with van der Waals surface area (Å²) in [5, 5.41) is 2.12. The number of carbonyl (C=O) groups excluding carboxylic acids is 2. The molecule has 1 atom stereocenters. The molecular weight excluding hydrogens is 286 g/mol. The van der Waals surface area contributed by atoms with E-state index in [0.717, 1.165) is 16.2 Å². The molecule has 0 saturated heterocycles. The molecule has 0 aromatic heterocycles. The van der Waals surface area contributed by atoms with Crippen LogP contribution in [0.1, 0.15) is 10.8 Å². The Morgan fingerprint density at radius 1 is 1.05 bits per heavy atom. The minimum absolute atomic E-state index is 0.443. The summed E-state index contributed by atoms with van der Waals surface area (Å²) >= 11 is 1.38. The van der Waals surface area contributed by atoms with Crippen molar-refractivity contribution >= 4 is 29.1 Å². The molecule has 5 heteroatoms. The molecule has 0 saturated carbocycles. The molecule has 21 heavy (non-hydrogen) atoms. The van der Waals surface area contributed by atoms with Crippen molar-refractivity contribution in [1.82, 2.24) is 0 Å². The van der Waals surface area contributed by atoms with Crippen molar-refractivity contribution in [2.75, 3.05) is 12.4 Å². The fourth-order valence-electron chi connectivity index (χ4n) is 2.15. The van der Waals surface area contributed by atoms with Crippen molar-refractivity contribution in [2.45, 2.75) is 10.1 Å². The van der Waals surface area contributed by atoms with Crippen LogP contribution in [0.25, 0.3) is 0 Å². The second-order valence-electron chi connectivity index (χ2n) is 4.59. The molecule has 3 rings (SSSR count). The van der Waals surface area contributed by atoms with Gasteiger partial charge >= 0.3 is 0 Å². The Labute approximate surface area is 126 Å². The minimum atomic E-state index is -0.576. The lowest BCUT2D eigenvalue weighted by atomic mass is 10.1. The fourth-order valence-corrected chi connectivity index (χ4v) is 3.32. The molecule has 106 valence electrons. The molecule has 0 aliphatic carbocycles. The molecule has 1 amide bonds. The second-order valence-corrected chi connectivity index (χ2v) is 5.73. The van der Waals surface area contributed by atoms with Crippen LogP contribution in [0.5, 0.6) is 5.75 Å². The predicted molar refractivity (Wildman–Crippen MR) is 81.7 cm³/mol. The van der Waals surface area contributed by atoms with Crippen LogP contribution in [-0.2, 0) is 9.59 Å². The third-order valence-electron chi connectivity index (χ3n) is 3.26. The number of fused-ring (bicyclic) bond motifs is 1. The first-order valence-corrected chi connectivity index (χ1v) is 7.32. The summed E-state index contributed by atoms with van der Waals surface area (Å²) in [5.41, 5.74) is 1.47. The lowest BCUT2D eigenvalue weighted by Crippen LogP contribution is -2.25. The monoisotopic (exact) mass is 299 g/mol. The smallest absolute Gasteiger partial charge is 0.293 e. The molecule has 1 N–H and O–H groups in total. The molecular formula is C16H13NO3S. The number of ether oxygens (including phenoxy) is 1. The SMILES string of the molecule is COc1ccc([C@@H]2Sc3ccccc3NC(=O)C2=O)cc1. The van der Waals surface area contributed by atoms with E-state index in [-0.39, 0.29) is 0 Å². The summed E-state index contributed by atoms with van der Waals surface area (Å²) in [4.78, 5) is 25.2. The number of anilines is 1. The van der Waals surface area contributed by atoms with Crippen molar-refractivity contribution in [3.63, 3.8) is 0 Å². The van der Waals surface area contributed by atoms with Crippen molar-refractivity contribution < 1.29 is 14.3 Å². The van der Waals surface area contributed by atoms with E-state index in [0.29, 0.717) is 5.69 Å². The first kappa shape index (κ1) is 13.7. The van der Waals surface area contributed by atoms with E-state index in [1.165, 1.54) is 11.8 Å². The quantitative estimate of drug-likeness (QED) is 0.866. The Kier molecular flexibility index (Phi) is 3.66. The van der Waals surface area contributed by atoms with Gasteiger partial charge in [-0.3, -0.25) is 9.59 Å². The average Bonchev–Trinajstić information content (AvgIpc) is 2.65. The fraction of sp³-hybridized carbons (Fsp3) is 0.125. The number of para-hydroxylation sites is 1. The highest BCUT2D eigenvalue weighted by atomic mass is 32.2. The summed E-state index contributed by atoms with van der Waals surface area (Å²) in [6, 6.07) is 14.6. The van der Waals surface area contributed by atoms with Crippen molar-refractivity contribution in [2.24, 2.45) is 0 Å². The van der Waals surface area contributed by atoms with Crippen LogP contribution in [0, 0.1) is 0 Å². The van der Waals surface area contributed by atoms with Gasteiger partial charge < -0.3 is 10.1 Å². The summed E-state index contributed by atoms with van der Waals surface area (Å²) < 4.78 is 5.11. The van der Waals surface area contributed by atoms with Gasteiger partial charge in [-0.1, -0.05) is 24.3 Å². The molecule has 0 bridgehead atoms. The first-order chi connectivity index (χ1) is 10.2. The number of hydrogen-bond acceptors (Lipinski definition) is 4. The van der Waals surface area contributed by atoms with Crippen molar-refractivity contribution in [3.8, 4) is 5.75 Å². The third-order valence-corrected chi connectivity index (χ3v) is 4.59. The summed E-state index contributed by atoms with van der Waals surface area (Å²) in [6.45, 7) is 0. The largest absolute Gasteiger partial charge is 0.497 e. The van der Waals surface area contributed by atoms with Gasteiger partial charge in [-0.25, -0.2) is 0 Å². The van der Waals surface area contributed by atoms with Gasteiger partial charge in [-0.05, 0) is 29.8 Å². The molecule has 0 unspecified atom stereocenters. The van der Waals surface area contributed by atoms with Crippen LogP contribution in [0.3, 0.4) is 0 Å². The molecule has 1 heterocycles. The van der Waals surface area contributed by atoms with E-state index < -0.39 is 16.9 Å². The average molecular weight is 299 g/mol. The Morgan fingerprint density at radius 2 is 1.76 bits per heavy atom. The van der Waals surface area contributed by atoms with Crippen LogP contribution < -0.4 is 10.1 Å². The van der Waals surface area contributed by atoms with Crippen molar-refractivity contribution in [1.29, 1.82) is 0 Å². The van der Waals surface area contributed by atoms with Gasteiger partial charge in [0.25, 0.3) is 5.91 Å². The van der Waals surface area contributed by atoms with Crippen LogP contribution in [0.4, 0.5) is 5.69 Å². The third kappa shape index (κ3) is 2.64. The maximum Gasteiger partial charge on any atom is 0.293 e. The lowest BCUT2D eigenvalue weighted by molar-refractivity contribution is -0.134. The Bertz CT molecular complexity index is 697. The standard InChI is InChI=1S/C16H13NO3S/c1-20-11-8-6-10(7-9-11)15-14(18)16(19)17-12-4-2-3-5-13(12)21-15/h2-9,15H,1H3,(H,17,19)/t15-/m0/s1. The number of methoxy groups -OCH3 is 1. The number of nitrogens with one attached hydrogen (secondary N) is 1. The molecule has 2 aromatic rings. The highest BCUT2D eigenvalue weighted by Crippen LogP contribution is 2.42. The number of amides is 1. The summed E-state index contributed by atoms with van der Waals surface area (Å²) in [7, 11) is 1.59. The molecule has 0 spiro atoms. The zero-order valence-electron chi connectivity index (χ0n) is 11.3. The van der Waals surface area contributed by atoms with Gasteiger partial charge in [0.05, 0.1) is 12.8 Å². The van der Waals surface area contributed by atoms with Crippen LogP contribution in [0.2, 0.25) is 0 Å².